The molecule has 0 bridgehead atoms. The fraction of sp³-hybridized carbons (Fsp3) is 0.500. The largest absolute Gasteiger partial charge is 0.378 e. The number of morpholine rings is 1. The van der Waals surface area contributed by atoms with E-state index in [1.54, 1.807) is 0 Å². The van der Waals surface area contributed by atoms with Crippen LogP contribution in [0.15, 0.2) is 12.1 Å². The molecule has 0 atom stereocenters. The van der Waals surface area contributed by atoms with Gasteiger partial charge in [-0.1, -0.05) is 13.8 Å². The third-order valence-electron chi connectivity index (χ3n) is 3.83. The highest BCUT2D eigenvalue weighted by molar-refractivity contribution is 6.28. The molecule has 0 saturated carbocycles. The van der Waals surface area contributed by atoms with E-state index in [0.29, 0.717) is 36.6 Å². The molecule has 8 heteroatoms. The molecule has 0 radical (unpaired) electrons. The Kier molecular flexibility index (Phi) is 5.11. The van der Waals surface area contributed by atoms with E-state index < -0.39 is 0 Å². The van der Waals surface area contributed by atoms with Crippen LogP contribution >= 0.6 is 11.6 Å². The van der Waals surface area contributed by atoms with Gasteiger partial charge in [0.15, 0.2) is 5.82 Å². The zero-order chi connectivity index (χ0) is 17.1. The highest BCUT2D eigenvalue weighted by Gasteiger charge is 2.18. The Morgan fingerprint density at radius 3 is 2.75 bits per heavy atom. The van der Waals surface area contributed by atoms with Gasteiger partial charge in [0.05, 0.1) is 31.0 Å². The summed E-state index contributed by atoms with van der Waals surface area (Å²) in [4.78, 5) is 27.1. The summed E-state index contributed by atoms with van der Waals surface area (Å²) >= 11 is 6.06. The average Bonchev–Trinajstić information content (AvgIpc) is 2.59. The summed E-state index contributed by atoms with van der Waals surface area (Å²) in [5.74, 6) is 0.652. The molecule has 3 heterocycles. The Bertz CT molecular complexity index is 747. The second-order valence-corrected chi connectivity index (χ2v) is 6.30. The molecule has 1 saturated heterocycles. The number of hydrogen-bond donors (Lipinski definition) is 1. The van der Waals surface area contributed by atoms with Crippen molar-refractivity contribution in [2.45, 2.75) is 20.4 Å². The van der Waals surface area contributed by atoms with Crippen molar-refractivity contribution in [2.75, 3.05) is 31.2 Å². The summed E-state index contributed by atoms with van der Waals surface area (Å²) in [6.45, 7) is 6.85. The Morgan fingerprint density at radius 1 is 1.29 bits per heavy atom. The lowest BCUT2D eigenvalue weighted by atomic mass is 10.2. The average molecular weight is 350 g/mol. The van der Waals surface area contributed by atoms with Crippen LogP contribution in [0.4, 0.5) is 5.82 Å². The number of amides is 1. The van der Waals surface area contributed by atoms with Crippen LogP contribution in [0.2, 0.25) is 5.28 Å². The van der Waals surface area contributed by atoms with E-state index in [1.165, 1.54) is 0 Å². The van der Waals surface area contributed by atoms with Gasteiger partial charge in [-0.05, 0) is 23.7 Å². The van der Waals surface area contributed by atoms with Crippen molar-refractivity contribution in [3.05, 3.63) is 23.1 Å². The highest BCUT2D eigenvalue weighted by Crippen LogP contribution is 2.25. The molecule has 0 unspecified atom stereocenters. The molecule has 128 valence electrons. The van der Waals surface area contributed by atoms with Crippen LogP contribution < -0.4 is 10.2 Å². The first-order valence-electron chi connectivity index (χ1n) is 7.98. The fourth-order valence-electron chi connectivity index (χ4n) is 2.49. The third kappa shape index (κ3) is 3.73. The molecule has 24 heavy (non-hydrogen) atoms. The van der Waals surface area contributed by atoms with E-state index in [9.17, 15) is 4.79 Å². The number of nitrogens with zero attached hydrogens (tertiary/aromatic N) is 4. The first-order valence-corrected chi connectivity index (χ1v) is 8.36. The van der Waals surface area contributed by atoms with Crippen LogP contribution in [0, 0.1) is 5.92 Å². The molecule has 1 amide bonds. The molecule has 1 N–H and O–H groups in total. The van der Waals surface area contributed by atoms with Gasteiger partial charge < -0.3 is 15.0 Å². The number of pyridine rings is 1. The van der Waals surface area contributed by atoms with E-state index >= 15 is 0 Å². The molecular weight excluding hydrogens is 330 g/mol. The summed E-state index contributed by atoms with van der Waals surface area (Å²) in [5.41, 5.74) is 2.14. The van der Waals surface area contributed by atoms with Gasteiger partial charge >= 0.3 is 0 Å². The van der Waals surface area contributed by atoms with Crippen molar-refractivity contribution in [1.82, 2.24) is 20.3 Å². The fourth-order valence-corrected chi connectivity index (χ4v) is 2.66. The number of rotatable bonds is 4. The van der Waals surface area contributed by atoms with Gasteiger partial charge in [0.2, 0.25) is 11.2 Å². The minimum absolute atomic E-state index is 0.00217. The van der Waals surface area contributed by atoms with Gasteiger partial charge in [-0.3, -0.25) is 4.79 Å². The maximum Gasteiger partial charge on any atom is 0.225 e. The number of hydrogen-bond acceptors (Lipinski definition) is 6. The summed E-state index contributed by atoms with van der Waals surface area (Å²) in [6.07, 6.45) is 0. The number of carbonyl (C=O) groups is 1. The van der Waals surface area contributed by atoms with Gasteiger partial charge in [-0.2, -0.15) is 4.98 Å². The minimum atomic E-state index is -0.0588. The SMILES string of the molecule is CC(C)C(=O)NCc1ccc2nc(Cl)nc(N3CCOCC3)c2n1. The highest BCUT2D eigenvalue weighted by atomic mass is 35.5. The molecule has 1 fully saturated rings. The van der Waals surface area contributed by atoms with Crippen molar-refractivity contribution in [2.24, 2.45) is 5.92 Å². The zero-order valence-corrected chi connectivity index (χ0v) is 14.5. The second-order valence-electron chi connectivity index (χ2n) is 5.96. The van der Waals surface area contributed by atoms with E-state index in [1.807, 2.05) is 26.0 Å². The van der Waals surface area contributed by atoms with Crippen LogP contribution in [-0.4, -0.2) is 47.2 Å². The lowest BCUT2D eigenvalue weighted by Gasteiger charge is -2.28. The molecule has 1 aliphatic rings. The topological polar surface area (TPSA) is 80.2 Å². The van der Waals surface area contributed by atoms with Gasteiger partial charge in [-0.25, -0.2) is 9.97 Å². The Morgan fingerprint density at radius 2 is 2.04 bits per heavy atom. The number of nitrogens with one attached hydrogen (secondary N) is 1. The third-order valence-corrected chi connectivity index (χ3v) is 4.00. The van der Waals surface area contributed by atoms with Crippen molar-refractivity contribution in [3.8, 4) is 0 Å². The first-order chi connectivity index (χ1) is 11.5. The van der Waals surface area contributed by atoms with Crippen LogP contribution in [0.1, 0.15) is 19.5 Å². The van der Waals surface area contributed by atoms with Crippen molar-refractivity contribution >= 4 is 34.4 Å². The second kappa shape index (κ2) is 7.27. The molecule has 0 spiro atoms. The van der Waals surface area contributed by atoms with Crippen molar-refractivity contribution in [3.63, 3.8) is 0 Å². The van der Waals surface area contributed by atoms with Crippen LogP contribution in [0.25, 0.3) is 11.0 Å². The van der Waals surface area contributed by atoms with Gasteiger partial charge in [0.25, 0.3) is 0 Å². The summed E-state index contributed by atoms with van der Waals surface area (Å²) in [7, 11) is 0. The van der Waals surface area contributed by atoms with Crippen LogP contribution in [0.3, 0.4) is 0 Å². The van der Waals surface area contributed by atoms with E-state index in [0.717, 1.165) is 18.8 Å². The quantitative estimate of drug-likeness (QED) is 0.848. The Labute approximate surface area is 145 Å². The summed E-state index contributed by atoms with van der Waals surface area (Å²) in [6, 6.07) is 3.70. The minimum Gasteiger partial charge on any atom is -0.378 e. The predicted molar refractivity (Wildman–Crippen MR) is 92.1 cm³/mol. The van der Waals surface area contributed by atoms with Crippen molar-refractivity contribution < 1.29 is 9.53 Å². The summed E-state index contributed by atoms with van der Waals surface area (Å²) < 4.78 is 5.39. The Balaban J connectivity index is 1.91. The number of carbonyl (C=O) groups excluding carboxylic acids is 1. The van der Waals surface area contributed by atoms with Crippen LogP contribution in [0.5, 0.6) is 0 Å². The van der Waals surface area contributed by atoms with E-state index in [-0.39, 0.29) is 17.1 Å². The number of anilines is 1. The predicted octanol–water partition coefficient (Wildman–Crippen LogP) is 1.79. The standard InChI is InChI=1S/C16H20ClN5O2/c1-10(2)15(23)18-9-11-3-4-12-13(19-11)14(21-16(17)20-12)22-5-7-24-8-6-22/h3-4,10H,5-9H2,1-2H3,(H,18,23). The van der Waals surface area contributed by atoms with Gasteiger partial charge in [-0.15, -0.1) is 0 Å². The number of ether oxygens (including phenoxy) is 1. The smallest absolute Gasteiger partial charge is 0.225 e. The normalized spacial score (nSPS) is 15.1. The molecular formula is C16H20ClN5O2. The molecule has 2 aromatic heterocycles. The maximum atomic E-state index is 11.7. The Hall–Kier alpha value is -1.99. The zero-order valence-electron chi connectivity index (χ0n) is 13.8. The molecule has 7 nitrogen and oxygen atoms in total. The maximum absolute atomic E-state index is 11.7. The van der Waals surface area contributed by atoms with Gasteiger partial charge in [0, 0.05) is 19.0 Å². The van der Waals surface area contributed by atoms with E-state index in [4.69, 9.17) is 16.3 Å². The lowest BCUT2D eigenvalue weighted by molar-refractivity contribution is -0.124. The molecule has 0 aromatic carbocycles. The molecule has 1 aliphatic heterocycles. The first kappa shape index (κ1) is 16.9. The molecule has 0 aliphatic carbocycles. The number of halogens is 1. The lowest BCUT2D eigenvalue weighted by Crippen LogP contribution is -2.37. The summed E-state index contributed by atoms with van der Waals surface area (Å²) in [5, 5.41) is 3.07. The van der Waals surface area contributed by atoms with E-state index in [2.05, 4.69) is 25.2 Å². The van der Waals surface area contributed by atoms with Gasteiger partial charge in [0.1, 0.15) is 5.52 Å². The van der Waals surface area contributed by atoms with Crippen LogP contribution in [-0.2, 0) is 16.1 Å². The van der Waals surface area contributed by atoms with Crippen molar-refractivity contribution in [1.29, 1.82) is 0 Å². The monoisotopic (exact) mass is 349 g/mol. The number of fused-ring (bicyclic) bond motifs is 1. The number of aromatic nitrogens is 3. The molecule has 2 aromatic rings. The molecule has 3 rings (SSSR count).